The molecule has 0 spiro atoms. The smallest absolute Gasteiger partial charge is 0.404 e. The van der Waals surface area contributed by atoms with Gasteiger partial charge in [-0.05, 0) is 30.6 Å². The van der Waals surface area contributed by atoms with Crippen LogP contribution in [-0.4, -0.2) is 11.5 Å². The minimum absolute atomic E-state index is 0.0289. The zero-order valence-corrected chi connectivity index (χ0v) is 9.73. The first-order valence-corrected chi connectivity index (χ1v) is 5.62. The number of hydrogen-bond acceptors (Lipinski definition) is 2. The number of hydrogen-bond donors (Lipinski definition) is 0. The lowest BCUT2D eigenvalue weighted by Crippen LogP contribution is -2.37. The van der Waals surface area contributed by atoms with E-state index in [4.69, 9.17) is 16.3 Å². The SMILES string of the molecule is CC1(C)[C@@H]2CC[C@@]1(C)[C@@H](OC(=O)Cl)C2. The van der Waals surface area contributed by atoms with Crippen LogP contribution in [0.5, 0.6) is 0 Å². The average molecular weight is 217 g/mol. The van der Waals surface area contributed by atoms with E-state index in [-0.39, 0.29) is 16.9 Å². The van der Waals surface area contributed by atoms with Crippen LogP contribution in [-0.2, 0) is 4.74 Å². The lowest BCUT2D eigenvalue weighted by Gasteiger charge is -2.38. The molecule has 0 saturated heterocycles. The summed E-state index contributed by atoms with van der Waals surface area (Å²) in [4.78, 5) is 10.8. The molecule has 14 heavy (non-hydrogen) atoms. The highest BCUT2D eigenvalue weighted by atomic mass is 35.5. The van der Waals surface area contributed by atoms with Gasteiger partial charge in [0.05, 0.1) is 0 Å². The van der Waals surface area contributed by atoms with Gasteiger partial charge in [0.25, 0.3) is 0 Å². The van der Waals surface area contributed by atoms with Gasteiger partial charge in [-0.25, -0.2) is 4.79 Å². The van der Waals surface area contributed by atoms with Crippen molar-refractivity contribution in [1.29, 1.82) is 0 Å². The predicted molar refractivity (Wildman–Crippen MR) is 55.4 cm³/mol. The summed E-state index contributed by atoms with van der Waals surface area (Å²) in [6.07, 6.45) is 3.43. The van der Waals surface area contributed by atoms with Crippen molar-refractivity contribution in [3.8, 4) is 0 Å². The molecule has 2 aliphatic carbocycles. The van der Waals surface area contributed by atoms with Crippen LogP contribution in [0, 0.1) is 16.7 Å². The molecular weight excluding hydrogens is 200 g/mol. The molecule has 80 valence electrons. The number of carbonyl (C=O) groups excluding carboxylic acids is 1. The molecule has 2 rings (SSSR count). The minimum atomic E-state index is -0.653. The molecule has 0 unspecified atom stereocenters. The quantitative estimate of drug-likeness (QED) is 0.627. The van der Waals surface area contributed by atoms with E-state index in [1.54, 1.807) is 0 Å². The van der Waals surface area contributed by atoms with Crippen LogP contribution < -0.4 is 0 Å². The predicted octanol–water partition coefficient (Wildman–Crippen LogP) is 3.58. The van der Waals surface area contributed by atoms with Crippen molar-refractivity contribution >= 4 is 17.0 Å². The van der Waals surface area contributed by atoms with Crippen molar-refractivity contribution in [2.45, 2.75) is 46.1 Å². The summed E-state index contributed by atoms with van der Waals surface area (Å²) in [5.41, 5.74) is -0.244. The molecule has 2 fully saturated rings. The van der Waals surface area contributed by atoms with Gasteiger partial charge in [-0.1, -0.05) is 20.8 Å². The third kappa shape index (κ3) is 1.13. The highest BCUT2D eigenvalue weighted by molar-refractivity contribution is 6.61. The normalized spacial score (nSPS) is 44.0. The number of fused-ring (bicyclic) bond motifs is 2. The third-order valence-electron chi connectivity index (χ3n) is 4.95. The lowest BCUT2D eigenvalue weighted by molar-refractivity contribution is 0.00612. The largest absolute Gasteiger partial charge is 0.450 e. The highest BCUT2D eigenvalue weighted by Gasteiger charge is 2.62. The van der Waals surface area contributed by atoms with Crippen molar-refractivity contribution in [2.75, 3.05) is 0 Å². The van der Waals surface area contributed by atoms with Gasteiger partial charge in [0.15, 0.2) is 0 Å². The maximum atomic E-state index is 10.8. The monoisotopic (exact) mass is 216 g/mol. The van der Waals surface area contributed by atoms with E-state index in [1.807, 2.05) is 0 Å². The Bertz CT molecular complexity index is 274. The van der Waals surface area contributed by atoms with Gasteiger partial charge < -0.3 is 4.74 Å². The molecule has 0 radical (unpaired) electrons. The van der Waals surface area contributed by atoms with Crippen molar-refractivity contribution in [3.05, 3.63) is 0 Å². The molecule has 0 heterocycles. The Balaban J connectivity index is 2.23. The van der Waals surface area contributed by atoms with E-state index in [9.17, 15) is 4.79 Å². The van der Waals surface area contributed by atoms with Gasteiger partial charge in [-0.2, -0.15) is 0 Å². The fourth-order valence-electron chi connectivity index (χ4n) is 3.42. The van der Waals surface area contributed by atoms with Gasteiger partial charge in [0.1, 0.15) is 6.10 Å². The van der Waals surface area contributed by atoms with Crippen molar-refractivity contribution < 1.29 is 9.53 Å². The molecule has 0 aliphatic heterocycles. The van der Waals surface area contributed by atoms with Crippen LogP contribution >= 0.6 is 11.6 Å². The summed E-state index contributed by atoms with van der Waals surface area (Å²) in [5, 5.41) is 0. The van der Waals surface area contributed by atoms with E-state index < -0.39 is 5.43 Å². The molecular formula is C11H17ClO2. The summed E-state index contributed by atoms with van der Waals surface area (Å²) in [6.45, 7) is 6.80. The topological polar surface area (TPSA) is 26.3 Å². The van der Waals surface area contributed by atoms with E-state index in [1.165, 1.54) is 6.42 Å². The minimum Gasteiger partial charge on any atom is -0.450 e. The van der Waals surface area contributed by atoms with E-state index in [0.29, 0.717) is 5.92 Å². The third-order valence-corrected chi connectivity index (χ3v) is 5.04. The Morgan fingerprint density at radius 3 is 2.43 bits per heavy atom. The van der Waals surface area contributed by atoms with Crippen molar-refractivity contribution in [2.24, 2.45) is 16.7 Å². The first kappa shape index (κ1) is 10.3. The second-order valence-electron chi connectivity index (χ2n) is 5.45. The molecule has 0 amide bonds. The first-order chi connectivity index (χ1) is 6.38. The standard InChI is InChI=1S/C11H17ClO2/c1-10(2)7-4-5-11(10,3)8(6-7)14-9(12)13/h7-8H,4-6H2,1-3H3/t7-,8+,11+/m1/s1. The van der Waals surface area contributed by atoms with Crippen LogP contribution in [0.3, 0.4) is 0 Å². The fourth-order valence-corrected chi connectivity index (χ4v) is 3.53. The molecule has 2 nitrogen and oxygen atoms in total. The molecule has 0 N–H and O–H groups in total. The number of carbonyl (C=O) groups is 1. The summed E-state index contributed by atoms with van der Waals surface area (Å²) >= 11 is 5.29. The molecule has 2 saturated carbocycles. The zero-order valence-electron chi connectivity index (χ0n) is 8.97. The fraction of sp³-hybridized carbons (Fsp3) is 0.909. The second-order valence-corrected chi connectivity index (χ2v) is 5.76. The number of halogens is 1. The van der Waals surface area contributed by atoms with Crippen LogP contribution in [0.1, 0.15) is 40.0 Å². The van der Waals surface area contributed by atoms with Gasteiger partial charge in [-0.15, -0.1) is 0 Å². The van der Waals surface area contributed by atoms with Gasteiger partial charge in [-0.3, -0.25) is 0 Å². The molecule has 3 heteroatoms. The van der Waals surface area contributed by atoms with Crippen LogP contribution in [0.25, 0.3) is 0 Å². The van der Waals surface area contributed by atoms with Crippen molar-refractivity contribution in [1.82, 2.24) is 0 Å². The second kappa shape index (κ2) is 2.88. The van der Waals surface area contributed by atoms with Gasteiger partial charge in [0.2, 0.25) is 0 Å². The maximum Gasteiger partial charge on any atom is 0.404 e. The van der Waals surface area contributed by atoms with E-state index >= 15 is 0 Å². The Morgan fingerprint density at radius 2 is 2.07 bits per heavy atom. The Labute approximate surface area is 90.0 Å². The Kier molecular flexibility index (Phi) is 2.11. The Hall–Kier alpha value is -0.240. The molecule has 2 bridgehead atoms. The Morgan fingerprint density at radius 1 is 1.43 bits per heavy atom. The van der Waals surface area contributed by atoms with E-state index in [2.05, 4.69) is 20.8 Å². The number of rotatable bonds is 1. The van der Waals surface area contributed by atoms with Crippen LogP contribution in [0.2, 0.25) is 0 Å². The highest BCUT2D eigenvalue weighted by Crippen LogP contribution is 2.66. The summed E-state index contributed by atoms with van der Waals surface area (Å²) in [5.74, 6) is 0.688. The van der Waals surface area contributed by atoms with Crippen LogP contribution in [0.15, 0.2) is 0 Å². The molecule has 0 aromatic carbocycles. The first-order valence-electron chi connectivity index (χ1n) is 5.24. The average Bonchev–Trinajstić information content (AvgIpc) is 2.35. The van der Waals surface area contributed by atoms with Crippen molar-refractivity contribution in [3.63, 3.8) is 0 Å². The molecule has 3 atom stereocenters. The summed E-state index contributed by atoms with van der Waals surface area (Å²) in [7, 11) is 0. The van der Waals surface area contributed by atoms with Crippen LogP contribution in [0.4, 0.5) is 4.79 Å². The zero-order chi connectivity index (χ0) is 10.6. The summed E-state index contributed by atoms with van der Waals surface area (Å²) < 4.78 is 5.21. The molecule has 0 aromatic rings. The summed E-state index contributed by atoms with van der Waals surface area (Å²) in [6, 6.07) is 0. The maximum absolute atomic E-state index is 10.8. The van der Waals surface area contributed by atoms with Gasteiger partial charge >= 0.3 is 5.43 Å². The van der Waals surface area contributed by atoms with E-state index in [0.717, 1.165) is 12.8 Å². The molecule has 2 aliphatic rings. The molecule has 0 aromatic heterocycles. The van der Waals surface area contributed by atoms with Gasteiger partial charge in [0, 0.05) is 17.0 Å². The number of ether oxygens (including phenoxy) is 1. The lowest BCUT2D eigenvalue weighted by atomic mass is 9.70.